The van der Waals surface area contributed by atoms with Gasteiger partial charge in [-0.1, -0.05) is 30.3 Å². The molecule has 5 rings (SSSR count). The fourth-order valence-corrected chi connectivity index (χ4v) is 3.08. The monoisotopic (exact) mass is 390 g/mol. The number of amides is 2. The van der Waals surface area contributed by atoms with Crippen molar-refractivity contribution in [2.75, 3.05) is 5.32 Å². The van der Waals surface area contributed by atoms with E-state index in [1.807, 2.05) is 30.3 Å². The lowest BCUT2D eigenvalue weighted by Crippen LogP contribution is -2.19. The third-order valence-electron chi connectivity index (χ3n) is 4.72. The summed E-state index contributed by atoms with van der Waals surface area (Å²) in [5, 5.41) is 9.97. The highest BCUT2D eigenvalue weighted by Crippen LogP contribution is 2.26. The van der Waals surface area contributed by atoms with Gasteiger partial charge in [-0.2, -0.15) is 19.6 Å². The quantitative estimate of drug-likeness (QED) is 0.487. The van der Waals surface area contributed by atoms with Crippen molar-refractivity contribution < 1.29 is 14.3 Å². The Bertz CT molecular complexity index is 1130. The summed E-state index contributed by atoms with van der Waals surface area (Å²) in [6, 6.07) is 10.3. The Morgan fingerprint density at radius 3 is 2.76 bits per heavy atom. The Morgan fingerprint density at radius 2 is 2.03 bits per heavy atom. The number of nitrogens with zero attached hydrogens (tertiary/aromatic N) is 4. The molecule has 3 heterocycles. The van der Waals surface area contributed by atoms with Crippen LogP contribution in [0.5, 0.6) is 6.01 Å². The van der Waals surface area contributed by atoms with Crippen LogP contribution in [0.15, 0.2) is 42.1 Å². The summed E-state index contributed by atoms with van der Waals surface area (Å²) < 4.78 is 7.41. The number of hydrogen-bond donors (Lipinski definition) is 2. The first kappa shape index (κ1) is 17.4. The van der Waals surface area contributed by atoms with Crippen molar-refractivity contribution in [2.45, 2.75) is 31.9 Å². The number of ether oxygens (including phenoxy) is 1. The van der Waals surface area contributed by atoms with Gasteiger partial charge in [-0.25, -0.2) is 0 Å². The van der Waals surface area contributed by atoms with E-state index < -0.39 is 0 Å². The normalized spacial score (nSPS) is 17.7. The van der Waals surface area contributed by atoms with Crippen LogP contribution in [0.2, 0.25) is 0 Å². The number of aromatic nitrogens is 4. The maximum atomic E-state index is 11.9. The predicted octanol–water partition coefficient (Wildman–Crippen LogP) is 1.71. The number of hydrogen-bond acceptors (Lipinski definition) is 7. The number of carbonyl (C=O) groups excluding carboxylic acids is 2. The van der Waals surface area contributed by atoms with Gasteiger partial charge in [0.25, 0.3) is 5.91 Å². The van der Waals surface area contributed by atoms with Crippen molar-refractivity contribution >= 4 is 29.5 Å². The van der Waals surface area contributed by atoms with Gasteiger partial charge in [0.1, 0.15) is 6.61 Å². The first-order chi connectivity index (χ1) is 14.2. The van der Waals surface area contributed by atoms with Crippen LogP contribution in [0.4, 0.5) is 5.95 Å². The Kier molecular flexibility index (Phi) is 4.19. The Morgan fingerprint density at radius 1 is 1.21 bits per heavy atom. The number of rotatable bonds is 6. The largest absolute Gasteiger partial charge is 0.458 e. The van der Waals surface area contributed by atoms with Crippen LogP contribution >= 0.6 is 0 Å². The fraction of sp³-hybridized carbons (Fsp3) is 0.250. The lowest BCUT2D eigenvalue weighted by molar-refractivity contribution is -0.124. The molecular weight excluding hydrogens is 372 g/mol. The second kappa shape index (κ2) is 7.01. The number of nitrogens with one attached hydrogen (secondary N) is 2. The number of carbonyl (C=O) groups is 2. The Balaban J connectivity index is 1.51. The molecule has 0 radical (unpaired) electrons. The summed E-state index contributed by atoms with van der Waals surface area (Å²) in [7, 11) is 0. The van der Waals surface area contributed by atoms with Gasteiger partial charge in [0.15, 0.2) is 5.65 Å². The number of benzene rings is 1. The van der Waals surface area contributed by atoms with E-state index in [1.165, 1.54) is 0 Å². The molecule has 2 N–H and O–H groups in total. The van der Waals surface area contributed by atoms with Crippen molar-refractivity contribution in [3.63, 3.8) is 0 Å². The minimum atomic E-state index is -0.389. The fourth-order valence-electron chi connectivity index (χ4n) is 3.08. The van der Waals surface area contributed by atoms with Gasteiger partial charge in [-0.05, 0) is 24.5 Å². The average Bonchev–Trinajstić information content (AvgIpc) is 3.36. The molecule has 9 heteroatoms. The molecule has 29 heavy (non-hydrogen) atoms. The van der Waals surface area contributed by atoms with E-state index in [9.17, 15) is 9.59 Å². The molecule has 1 saturated heterocycles. The van der Waals surface area contributed by atoms with Crippen LogP contribution < -0.4 is 15.4 Å². The zero-order valence-electron chi connectivity index (χ0n) is 15.5. The minimum absolute atomic E-state index is 0.0474. The lowest BCUT2D eigenvalue weighted by atomic mass is 10.1. The molecule has 2 aromatic heterocycles. The van der Waals surface area contributed by atoms with E-state index in [2.05, 4.69) is 25.7 Å². The molecule has 2 amide bonds. The van der Waals surface area contributed by atoms with Gasteiger partial charge < -0.3 is 10.1 Å². The highest BCUT2D eigenvalue weighted by molar-refractivity contribution is 6.15. The second-order valence-corrected chi connectivity index (χ2v) is 7.08. The molecule has 1 aromatic carbocycles. The topological polar surface area (TPSA) is 111 Å². The van der Waals surface area contributed by atoms with Crippen molar-refractivity contribution in [1.29, 1.82) is 0 Å². The summed E-state index contributed by atoms with van der Waals surface area (Å²) in [6.45, 7) is 0.335. The van der Waals surface area contributed by atoms with Gasteiger partial charge in [-0.3, -0.25) is 14.9 Å². The zero-order chi connectivity index (χ0) is 19.8. The summed E-state index contributed by atoms with van der Waals surface area (Å²) in [5.74, 6) is -0.159. The molecule has 0 atom stereocenters. The molecule has 1 aliphatic carbocycles. The van der Waals surface area contributed by atoms with Crippen molar-refractivity contribution in [2.24, 2.45) is 0 Å². The first-order valence-corrected chi connectivity index (χ1v) is 9.39. The van der Waals surface area contributed by atoms with Gasteiger partial charge in [0.05, 0.1) is 12.6 Å². The van der Waals surface area contributed by atoms with Gasteiger partial charge in [0.2, 0.25) is 11.9 Å². The van der Waals surface area contributed by atoms with Gasteiger partial charge in [0, 0.05) is 17.2 Å². The predicted molar refractivity (Wildman–Crippen MR) is 104 cm³/mol. The molecule has 146 valence electrons. The van der Waals surface area contributed by atoms with Crippen LogP contribution in [0, 0.1) is 0 Å². The van der Waals surface area contributed by atoms with E-state index in [0.717, 1.165) is 18.4 Å². The maximum absolute atomic E-state index is 11.9. The number of anilines is 1. The standard InChI is InChI=1S/C20H18N6O3/c27-16-9-13(18(28)23-16)8-14-10-21-26-17(14)24-20(25-19(26)22-15-6-7-15)29-11-12-4-2-1-3-5-12/h1-5,8,10,15H,6-7,9,11H2,(H,22,24,25)(H,23,27,28)/b13-8+. The van der Waals surface area contributed by atoms with Gasteiger partial charge >= 0.3 is 6.01 Å². The zero-order valence-corrected chi connectivity index (χ0v) is 15.5. The van der Waals surface area contributed by atoms with Gasteiger partial charge in [-0.15, -0.1) is 0 Å². The van der Waals surface area contributed by atoms with Crippen LogP contribution in [-0.4, -0.2) is 37.4 Å². The summed E-state index contributed by atoms with van der Waals surface area (Å²) in [4.78, 5) is 32.3. The molecule has 2 aliphatic rings. The van der Waals surface area contributed by atoms with Crippen molar-refractivity contribution in [3.8, 4) is 6.01 Å². The third kappa shape index (κ3) is 3.66. The van der Waals surface area contributed by atoms with E-state index in [0.29, 0.717) is 35.4 Å². The molecule has 1 aliphatic heterocycles. The Labute approximate surface area is 165 Å². The second-order valence-electron chi connectivity index (χ2n) is 7.08. The summed E-state index contributed by atoms with van der Waals surface area (Å²) >= 11 is 0. The molecule has 0 unspecified atom stereocenters. The molecule has 2 fully saturated rings. The van der Waals surface area contributed by atoms with E-state index in [-0.39, 0.29) is 24.2 Å². The number of imide groups is 1. The number of fused-ring (bicyclic) bond motifs is 1. The van der Waals surface area contributed by atoms with Crippen LogP contribution in [0.25, 0.3) is 11.7 Å². The van der Waals surface area contributed by atoms with E-state index >= 15 is 0 Å². The third-order valence-corrected chi connectivity index (χ3v) is 4.72. The van der Waals surface area contributed by atoms with Crippen molar-refractivity contribution in [3.05, 3.63) is 53.2 Å². The minimum Gasteiger partial charge on any atom is -0.458 e. The highest BCUT2D eigenvalue weighted by atomic mass is 16.5. The highest BCUT2D eigenvalue weighted by Gasteiger charge is 2.26. The molecule has 1 saturated carbocycles. The molecule has 9 nitrogen and oxygen atoms in total. The van der Waals surface area contributed by atoms with Crippen LogP contribution in [0.1, 0.15) is 30.4 Å². The van der Waals surface area contributed by atoms with Crippen LogP contribution in [-0.2, 0) is 16.2 Å². The summed E-state index contributed by atoms with van der Waals surface area (Å²) in [6.07, 6.45) is 5.44. The summed E-state index contributed by atoms with van der Waals surface area (Å²) in [5.41, 5.74) is 2.51. The lowest BCUT2D eigenvalue weighted by Gasteiger charge is -2.09. The SMILES string of the molecule is O=C1C/C(=C\c2cnn3c(NC4CC4)nc(OCc4ccccc4)nc23)C(=O)N1. The van der Waals surface area contributed by atoms with E-state index in [4.69, 9.17) is 4.74 Å². The molecule has 0 spiro atoms. The molecular formula is C20H18N6O3. The first-order valence-electron chi connectivity index (χ1n) is 9.39. The van der Waals surface area contributed by atoms with E-state index in [1.54, 1.807) is 16.8 Å². The van der Waals surface area contributed by atoms with Crippen LogP contribution in [0.3, 0.4) is 0 Å². The molecule has 0 bridgehead atoms. The maximum Gasteiger partial charge on any atom is 0.322 e. The smallest absolute Gasteiger partial charge is 0.322 e. The molecule has 3 aromatic rings. The Hall–Kier alpha value is -3.75. The van der Waals surface area contributed by atoms with Crippen molar-refractivity contribution in [1.82, 2.24) is 24.9 Å². The average molecular weight is 390 g/mol.